The van der Waals surface area contributed by atoms with E-state index < -0.39 is 18.2 Å². The highest BCUT2D eigenvalue weighted by Crippen LogP contribution is 2.44. The summed E-state index contributed by atoms with van der Waals surface area (Å²) in [6.45, 7) is 0.985. The van der Waals surface area contributed by atoms with Gasteiger partial charge < -0.3 is 19.5 Å². The van der Waals surface area contributed by atoms with Crippen LogP contribution in [-0.2, 0) is 14.3 Å². The predicted octanol–water partition coefficient (Wildman–Crippen LogP) is 3.11. The highest BCUT2D eigenvalue weighted by molar-refractivity contribution is 5.79. The van der Waals surface area contributed by atoms with E-state index in [2.05, 4.69) is 24.3 Å². The Labute approximate surface area is 157 Å². The molecule has 0 unspecified atom stereocenters. The van der Waals surface area contributed by atoms with Gasteiger partial charge in [-0.15, -0.1) is 0 Å². The van der Waals surface area contributed by atoms with Gasteiger partial charge in [0.05, 0.1) is 6.54 Å². The third-order valence-corrected chi connectivity index (χ3v) is 5.15. The fourth-order valence-corrected chi connectivity index (χ4v) is 3.83. The van der Waals surface area contributed by atoms with Gasteiger partial charge in [0.15, 0.2) is 6.10 Å². The van der Waals surface area contributed by atoms with Crippen molar-refractivity contribution in [2.75, 3.05) is 26.3 Å². The molecular formula is C21H21NO5. The third-order valence-electron chi connectivity index (χ3n) is 5.15. The third kappa shape index (κ3) is 3.40. The van der Waals surface area contributed by atoms with Crippen LogP contribution in [0, 0.1) is 0 Å². The molecule has 140 valence electrons. The van der Waals surface area contributed by atoms with E-state index in [-0.39, 0.29) is 19.1 Å². The van der Waals surface area contributed by atoms with Gasteiger partial charge in [0.25, 0.3) is 0 Å². The van der Waals surface area contributed by atoms with E-state index in [4.69, 9.17) is 9.47 Å². The number of hydrogen-bond acceptors (Lipinski definition) is 4. The first-order valence-corrected chi connectivity index (χ1v) is 9.09. The van der Waals surface area contributed by atoms with Crippen molar-refractivity contribution in [1.82, 2.24) is 4.90 Å². The molecule has 0 aromatic heterocycles. The standard InChI is InChI=1S/C21H21NO5/c23-20(24)19-12-22(10-5-11-26-19)21(25)27-13-18-16-8-3-1-6-14(16)15-7-2-4-9-17(15)18/h1-4,6-9,18-19H,5,10-13H2,(H,23,24)/t19-/m1/s1. The van der Waals surface area contributed by atoms with Crippen molar-refractivity contribution in [3.05, 3.63) is 59.7 Å². The maximum Gasteiger partial charge on any atom is 0.409 e. The number of fused-ring (bicyclic) bond motifs is 3. The summed E-state index contributed by atoms with van der Waals surface area (Å²) in [5.74, 6) is -1.08. The number of carboxylic acid groups (broad SMARTS) is 1. The predicted molar refractivity (Wildman–Crippen MR) is 98.6 cm³/mol. The Balaban J connectivity index is 1.48. The Kier molecular flexibility index (Phi) is 4.81. The molecule has 1 N–H and O–H groups in total. The van der Waals surface area contributed by atoms with Gasteiger partial charge in [-0.25, -0.2) is 9.59 Å². The van der Waals surface area contributed by atoms with Crippen LogP contribution in [0.3, 0.4) is 0 Å². The largest absolute Gasteiger partial charge is 0.479 e. The lowest BCUT2D eigenvalue weighted by Crippen LogP contribution is -2.40. The fraction of sp³-hybridized carbons (Fsp3) is 0.333. The van der Waals surface area contributed by atoms with Crippen LogP contribution in [-0.4, -0.2) is 54.5 Å². The molecule has 27 heavy (non-hydrogen) atoms. The Morgan fingerprint density at radius 3 is 2.33 bits per heavy atom. The summed E-state index contributed by atoms with van der Waals surface area (Å²) in [6, 6.07) is 16.3. The van der Waals surface area contributed by atoms with E-state index in [0.29, 0.717) is 19.6 Å². The van der Waals surface area contributed by atoms with Crippen molar-refractivity contribution in [3.63, 3.8) is 0 Å². The van der Waals surface area contributed by atoms with Crippen molar-refractivity contribution in [3.8, 4) is 11.1 Å². The molecule has 2 aromatic rings. The molecule has 1 aliphatic heterocycles. The molecule has 2 aromatic carbocycles. The monoisotopic (exact) mass is 367 g/mol. The lowest BCUT2D eigenvalue weighted by atomic mass is 9.98. The van der Waals surface area contributed by atoms with Gasteiger partial charge in [0.1, 0.15) is 6.61 Å². The van der Waals surface area contributed by atoms with Crippen molar-refractivity contribution in [1.29, 1.82) is 0 Å². The van der Waals surface area contributed by atoms with E-state index in [1.54, 1.807) is 0 Å². The highest BCUT2D eigenvalue weighted by atomic mass is 16.6. The molecule has 0 radical (unpaired) electrons. The van der Waals surface area contributed by atoms with Gasteiger partial charge >= 0.3 is 12.1 Å². The maximum absolute atomic E-state index is 12.6. The Morgan fingerprint density at radius 1 is 1.07 bits per heavy atom. The minimum atomic E-state index is -1.06. The number of nitrogens with zero attached hydrogens (tertiary/aromatic N) is 1. The fourth-order valence-electron chi connectivity index (χ4n) is 3.83. The number of amides is 1. The number of carbonyl (C=O) groups excluding carboxylic acids is 1. The zero-order valence-electron chi connectivity index (χ0n) is 14.8. The highest BCUT2D eigenvalue weighted by Gasteiger charge is 2.31. The molecule has 4 rings (SSSR count). The van der Waals surface area contributed by atoms with Gasteiger partial charge in [-0.1, -0.05) is 48.5 Å². The maximum atomic E-state index is 12.6. The van der Waals surface area contributed by atoms with Gasteiger partial charge in [0, 0.05) is 19.1 Å². The second-order valence-electron chi connectivity index (χ2n) is 6.80. The molecule has 0 saturated carbocycles. The number of benzene rings is 2. The van der Waals surface area contributed by atoms with E-state index in [9.17, 15) is 14.7 Å². The van der Waals surface area contributed by atoms with Gasteiger partial charge in [0.2, 0.25) is 0 Å². The zero-order chi connectivity index (χ0) is 18.8. The lowest BCUT2D eigenvalue weighted by molar-refractivity contribution is -0.150. The molecule has 6 nitrogen and oxygen atoms in total. The number of carboxylic acids is 1. The molecule has 0 spiro atoms. The van der Waals surface area contributed by atoms with Crippen LogP contribution in [0.25, 0.3) is 11.1 Å². The zero-order valence-corrected chi connectivity index (χ0v) is 14.8. The minimum Gasteiger partial charge on any atom is -0.479 e. The SMILES string of the molecule is O=C(O)[C@H]1CN(C(=O)OCC2c3ccccc3-c3ccccc32)CCCO1. The molecule has 1 heterocycles. The first kappa shape index (κ1) is 17.5. The van der Waals surface area contributed by atoms with Crippen LogP contribution in [0.1, 0.15) is 23.5 Å². The quantitative estimate of drug-likeness (QED) is 0.902. The Bertz CT molecular complexity index is 820. The number of ether oxygens (including phenoxy) is 2. The summed E-state index contributed by atoms with van der Waals surface area (Å²) in [7, 11) is 0. The second kappa shape index (κ2) is 7.40. The van der Waals surface area contributed by atoms with Crippen LogP contribution in [0.2, 0.25) is 0 Å². The number of carbonyl (C=O) groups is 2. The van der Waals surface area contributed by atoms with Crippen LogP contribution < -0.4 is 0 Å². The minimum absolute atomic E-state index is 0.00596. The van der Waals surface area contributed by atoms with Crippen molar-refractivity contribution < 1.29 is 24.2 Å². The summed E-state index contributed by atoms with van der Waals surface area (Å²) in [5, 5.41) is 9.18. The smallest absolute Gasteiger partial charge is 0.409 e. The van der Waals surface area contributed by atoms with Gasteiger partial charge in [-0.3, -0.25) is 0 Å². The average molecular weight is 367 g/mol. The summed E-state index contributed by atoms with van der Waals surface area (Å²) in [6.07, 6.45) is -0.907. The second-order valence-corrected chi connectivity index (χ2v) is 6.80. The first-order chi connectivity index (χ1) is 13.1. The molecule has 0 bridgehead atoms. The summed E-state index contributed by atoms with van der Waals surface area (Å²) < 4.78 is 10.9. The molecule has 2 aliphatic rings. The van der Waals surface area contributed by atoms with E-state index in [1.807, 2.05) is 24.3 Å². The van der Waals surface area contributed by atoms with E-state index in [1.165, 1.54) is 16.0 Å². The Hall–Kier alpha value is -2.86. The summed E-state index contributed by atoms with van der Waals surface area (Å²) >= 11 is 0. The van der Waals surface area contributed by atoms with Gasteiger partial charge in [-0.05, 0) is 28.7 Å². The first-order valence-electron chi connectivity index (χ1n) is 9.09. The topological polar surface area (TPSA) is 76.1 Å². The van der Waals surface area contributed by atoms with Crippen molar-refractivity contribution >= 4 is 12.1 Å². The summed E-state index contributed by atoms with van der Waals surface area (Å²) in [5.41, 5.74) is 4.63. The molecule has 1 fully saturated rings. The number of hydrogen-bond donors (Lipinski definition) is 1. The molecule has 1 atom stereocenters. The van der Waals surface area contributed by atoms with E-state index >= 15 is 0 Å². The average Bonchev–Trinajstić information content (AvgIpc) is 2.83. The van der Waals surface area contributed by atoms with Crippen LogP contribution in [0.15, 0.2) is 48.5 Å². The molecule has 1 saturated heterocycles. The molecule has 6 heteroatoms. The van der Waals surface area contributed by atoms with E-state index in [0.717, 1.165) is 11.1 Å². The van der Waals surface area contributed by atoms with Crippen LogP contribution >= 0.6 is 0 Å². The van der Waals surface area contributed by atoms with Crippen molar-refractivity contribution in [2.45, 2.75) is 18.4 Å². The molecule has 1 amide bonds. The number of rotatable bonds is 3. The van der Waals surface area contributed by atoms with Crippen molar-refractivity contribution in [2.24, 2.45) is 0 Å². The molecule has 1 aliphatic carbocycles. The lowest BCUT2D eigenvalue weighted by Gasteiger charge is -2.23. The van der Waals surface area contributed by atoms with Crippen LogP contribution in [0.5, 0.6) is 0 Å². The number of aliphatic carboxylic acids is 1. The normalized spacial score (nSPS) is 19.1. The van der Waals surface area contributed by atoms with Gasteiger partial charge in [-0.2, -0.15) is 0 Å². The Morgan fingerprint density at radius 2 is 1.70 bits per heavy atom. The summed E-state index contributed by atoms with van der Waals surface area (Å²) in [4.78, 5) is 25.2. The van der Waals surface area contributed by atoms with Crippen LogP contribution in [0.4, 0.5) is 4.79 Å². The molecular weight excluding hydrogens is 346 g/mol.